The zero-order valence-electron chi connectivity index (χ0n) is 12.3. The summed E-state index contributed by atoms with van der Waals surface area (Å²) in [6, 6.07) is 6.30. The van der Waals surface area contributed by atoms with Crippen LogP contribution in [0, 0.1) is 0 Å². The van der Waals surface area contributed by atoms with Gasteiger partial charge in [0.1, 0.15) is 0 Å². The van der Waals surface area contributed by atoms with Crippen molar-refractivity contribution in [3.63, 3.8) is 0 Å². The first-order valence-corrected chi connectivity index (χ1v) is 8.38. The summed E-state index contributed by atoms with van der Waals surface area (Å²) in [6.45, 7) is 0.660. The number of halogens is 2. The fourth-order valence-electron chi connectivity index (χ4n) is 1.61. The van der Waals surface area contributed by atoms with Crippen LogP contribution >= 0.6 is 35.8 Å². The Kier molecular flexibility index (Phi) is 11.1. The van der Waals surface area contributed by atoms with Crippen LogP contribution in [0.15, 0.2) is 24.3 Å². The van der Waals surface area contributed by atoms with Crippen molar-refractivity contribution < 1.29 is 9.59 Å². The molecule has 0 saturated heterocycles. The Balaban J connectivity index is 0.00000441. The average Bonchev–Trinajstić information content (AvgIpc) is 2.49. The van der Waals surface area contributed by atoms with Crippen LogP contribution in [-0.4, -0.2) is 43.0 Å². The molecular formula is C14H21Cl2N3O2S. The zero-order chi connectivity index (χ0) is 15.7. The van der Waals surface area contributed by atoms with E-state index in [2.05, 4.69) is 10.6 Å². The smallest absolute Gasteiger partial charge is 0.252 e. The van der Waals surface area contributed by atoms with Crippen LogP contribution in [0.25, 0.3) is 0 Å². The summed E-state index contributed by atoms with van der Waals surface area (Å²) in [5, 5.41) is 5.79. The molecule has 1 unspecified atom stereocenters. The second-order valence-electron chi connectivity index (χ2n) is 4.41. The molecule has 0 radical (unpaired) electrons. The van der Waals surface area contributed by atoms with Gasteiger partial charge in [0, 0.05) is 13.1 Å². The highest BCUT2D eigenvalue weighted by atomic mass is 35.5. The summed E-state index contributed by atoms with van der Waals surface area (Å²) in [6.07, 6.45) is 2.61. The highest BCUT2D eigenvalue weighted by Gasteiger charge is 2.12. The number of hydrogen-bond acceptors (Lipinski definition) is 4. The molecule has 1 aromatic carbocycles. The molecule has 8 heteroatoms. The van der Waals surface area contributed by atoms with E-state index in [1.54, 1.807) is 36.0 Å². The Bertz CT molecular complexity index is 489. The number of amides is 2. The fraction of sp³-hybridized carbons (Fsp3) is 0.429. The van der Waals surface area contributed by atoms with E-state index in [1.165, 1.54) is 0 Å². The molecule has 0 aliphatic heterocycles. The van der Waals surface area contributed by atoms with Crippen molar-refractivity contribution in [1.82, 2.24) is 10.6 Å². The third-order valence-corrected chi connectivity index (χ3v) is 3.77. The number of rotatable bonds is 8. The Morgan fingerprint density at radius 1 is 1.27 bits per heavy atom. The molecule has 0 bridgehead atoms. The van der Waals surface area contributed by atoms with Gasteiger partial charge in [-0.1, -0.05) is 23.7 Å². The summed E-state index contributed by atoms with van der Waals surface area (Å²) in [5.41, 5.74) is 6.14. The Morgan fingerprint density at radius 3 is 2.55 bits per heavy atom. The first-order valence-electron chi connectivity index (χ1n) is 6.61. The molecule has 0 saturated carbocycles. The summed E-state index contributed by atoms with van der Waals surface area (Å²) in [4.78, 5) is 23.5. The molecule has 0 aliphatic carbocycles. The normalized spacial score (nSPS) is 11.2. The molecule has 1 atom stereocenters. The van der Waals surface area contributed by atoms with E-state index in [0.717, 1.165) is 5.75 Å². The van der Waals surface area contributed by atoms with E-state index >= 15 is 0 Å². The van der Waals surface area contributed by atoms with Gasteiger partial charge in [0.15, 0.2) is 0 Å². The summed E-state index contributed by atoms with van der Waals surface area (Å²) in [5.74, 6) is 0.384. The van der Waals surface area contributed by atoms with Gasteiger partial charge in [0.05, 0.1) is 16.6 Å². The van der Waals surface area contributed by atoms with E-state index in [4.69, 9.17) is 17.3 Å². The molecule has 1 aromatic rings. The predicted molar refractivity (Wildman–Crippen MR) is 95.0 cm³/mol. The maximum absolute atomic E-state index is 11.8. The lowest BCUT2D eigenvalue weighted by Crippen LogP contribution is -2.43. The SMILES string of the molecule is CSCCC(N)C(=O)NCCNC(=O)c1ccccc1Cl.Cl. The molecule has 1 rings (SSSR count). The largest absolute Gasteiger partial charge is 0.353 e. The number of benzene rings is 1. The zero-order valence-corrected chi connectivity index (χ0v) is 14.7. The van der Waals surface area contributed by atoms with Gasteiger partial charge < -0.3 is 16.4 Å². The van der Waals surface area contributed by atoms with Crippen LogP contribution in [0.2, 0.25) is 5.02 Å². The topological polar surface area (TPSA) is 84.2 Å². The van der Waals surface area contributed by atoms with Crippen LogP contribution in [0.5, 0.6) is 0 Å². The molecular weight excluding hydrogens is 345 g/mol. The minimum absolute atomic E-state index is 0. The lowest BCUT2D eigenvalue weighted by molar-refractivity contribution is -0.122. The molecule has 2 amide bonds. The van der Waals surface area contributed by atoms with Crippen LogP contribution in [0.4, 0.5) is 0 Å². The van der Waals surface area contributed by atoms with Crippen molar-refractivity contribution >= 4 is 47.6 Å². The summed E-state index contributed by atoms with van der Waals surface area (Å²) >= 11 is 7.57. The Labute approximate surface area is 146 Å². The highest BCUT2D eigenvalue weighted by Crippen LogP contribution is 2.14. The van der Waals surface area contributed by atoms with Crippen LogP contribution in [0.1, 0.15) is 16.8 Å². The Morgan fingerprint density at radius 2 is 1.91 bits per heavy atom. The van der Waals surface area contributed by atoms with Crippen LogP contribution in [-0.2, 0) is 4.79 Å². The predicted octanol–water partition coefficient (Wildman–Crippen LogP) is 1.69. The summed E-state index contributed by atoms with van der Waals surface area (Å²) in [7, 11) is 0. The number of nitrogens with two attached hydrogens (primary N) is 1. The van der Waals surface area contributed by atoms with Crippen molar-refractivity contribution in [2.45, 2.75) is 12.5 Å². The molecule has 22 heavy (non-hydrogen) atoms. The van der Waals surface area contributed by atoms with E-state index in [0.29, 0.717) is 30.1 Å². The molecule has 124 valence electrons. The standard InChI is InChI=1S/C14H20ClN3O2S.ClH/c1-21-9-6-12(16)14(20)18-8-7-17-13(19)10-4-2-3-5-11(10)15;/h2-5,12H,6-9,16H2,1H3,(H,17,19)(H,18,20);1H. The third-order valence-electron chi connectivity index (χ3n) is 2.80. The van der Waals surface area contributed by atoms with Crippen LogP contribution < -0.4 is 16.4 Å². The van der Waals surface area contributed by atoms with E-state index in [9.17, 15) is 9.59 Å². The maximum Gasteiger partial charge on any atom is 0.252 e. The van der Waals surface area contributed by atoms with Gasteiger partial charge in [-0.15, -0.1) is 12.4 Å². The number of carbonyl (C=O) groups excluding carboxylic acids is 2. The average molecular weight is 366 g/mol. The third kappa shape index (κ3) is 7.35. The number of nitrogens with one attached hydrogen (secondary N) is 2. The number of thioether (sulfide) groups is 1. The molecule has 5 nitrogen and oxygen atoms in total. The van der Waals surface area contributed by atoms with Crippen molar-refractivity contribution in [1.29, 1.82) is 0 Å². The van der Waals surface area contributed by atoms with Crippen LogP contribution in [0.3, 0.4) is 0 Å². The summed E-state index contributed by atoms with van der Waals surface area (Å²) < 4.78 is 0. The van der Waals surface area contributed by atoms with Crippen molar-refractivity contribution in [2.75, 3.05) is 25.1 Å². The fourth-order valence-corrected chi connectivity index (χ4v) is 2.32. The van der Waals surface area contributed by atoms with Gasteiger partial charge >= 0.3 is 0 Å². The molecule has 0 heterocycles. The quantitative estimate of drug-likeness (QED) is 0.612. The van der Waals surface area contributed by atoms with Gasteiger partial charge in [0.25, 0.3) is 5.91 Å². The number of carbonyl (C=O) groups is 2. The lowest BCUT2D eigenvalue weighted by atomic mass is 10.2. The lowest BCUT2D eigenvalue weighted by Gasteiger charge is -2.12. The molecule has 4 N–H and O–H groups in total. The van der Waals surface area contributed by atoms with Crippen molar-refractivity contribution in [3.8, 4) is 0 Å². The molecule has 0 fully saturated rings. The van der Waals surface area contributed by atoms with Gasteiger partial charge in [-0.3, -0.25) is 9.59 Å². The second-order valence-corrected chi connectivity index (χ2v) is 5.81. The van der Waals surface area contributed by atoms with Gasteiger partial charge in [-0.05, 0) is 30.6 Å². The minimum atomic E-state index is -0.503. The van der Waals surface area contributed by atoms with E-state index in [-0.39, 0.29) is 24.2 Å². The monoisotopic (exact) mass is 365 g/mol. The second kappa shape index (κ2) is 11.6. The first-order chi connectivity index (χ1) is 10.1. The van der Waals surface area contributed by atoms with E-state index < -0.39 is 6.04 Å². The molecule has 0 aromatic heterocycles. The van der Waals surface area contributed by atoms with Crippen molar-refractivity contribution in [2.24, 2.45) is 5.73 Å². The van der Waals surface area contributed by atoms with E-state index in [1.807, 2.05) is 6.26 Å². The van der Waals surface area contributed by atoms with Crippen molar-refractivity contribution in [3.05, 3.63) is 34.9 Å². The molecule has 0 aliphatic rings. The van der Waals surface area contributed by atoms with Gasteiger partial charge in [0.2, 0.25) is 5.91 Å². The minimum Gasteiger partial charge on any atom is -0.353 e. The van der Waals surface area contributed by atoms with Gasteiger partial charge in [-0.25, -0.2) is 0 Å². The maximum atomic E-state index is 11.8. The Hall–Kier alpha value is -0.950. The first kappa shape index (κ1) is 21.0. The highest BCUT2D eigenvalue weighted by molar-refractivity contribution is 7.98. The number of hydrogen-bond donors (Lipinski definition) is 3. The van der Waals surface area contributed by atoms with Gasteiger partial charge in [-0.2, -0.15) is 11.8 Å². The molecule has 0 spiro atoms.